The summed E-state index contributed by atoms with van der Waals surface area (Å²) in [5, 5.41) is -0.815. The molecule has 1 unspecified atom stereocenters. The minimum Gasteiger partial charge on any atom is -0.434 e. The van der Waals surface area contributed by atoms with E-state index < -0.39 is 17.0 Å². The molecule has 0 aromatic heterocycles. The van der Waals surface area contributed by atoms with Crippen LogP contribution in [0.4, 0.5) is 4.79 Å². The van der Waals surface area contributed by atoms with Crippen molar-refractivity contribution in [1.82, 2.24) is 0 Å². The summed E-state index contributed by atoms with van der Waals surface area (Å²) in [6.07, 6.45) is 1.89. The van der Waals surface area contributed by atoms with Crippen molar-refractivity contribution in [2.75, 3.05) is 6.61 Å². The number of ether oxygens (including phenoxy) is 2. The summed E-state index contributed by atoms with van der Waals surface area (Å²) < 4.78 is 9.44. The van der Waals surface area contributed by atoms with Gasteiger partial charge in [0.15, 0.2) is 0 Å². The van der Waals surface area contributed by atoms with Crippen LogP contribution >= 0.6 is 11.6 Å². The van der Waals surface area contributed by atoms with Gasteiger partial charge in [-0.1, -0.05) is 19.9 Å². The van der Waals surface area contributed by atoms with Crippen molar-refractivity contribution in [2.45, 2.75) is 32.3 Å². The van der Waals surface area contributed by atoms with Gasteiger partial charge in [-0.05, 0) is 31.0 Å². The topological polar surface area (TPSA) is 52.6 Å². The zero-order valence-electron chi connectivity index (χ0n) is 8.92. The number of rotatable bonds is 6. The summed E-state index contributed by atoms with van der Waals surface area (Å²) in [5.74, 6) is 0. The Balaban J connectivity index is 4.13. The fraction of sp³-hybridized carbons (Fsp3) is 0.600. The van der Waals surface area contributed by atoms with E-state index in [-0.39, 0.29) is 6.61 Å². The number of carbonyl (C=O) groups excluding carboxylic acids is 2. The largest absolute Gasteiger partial charge is 0.509 e. The van der Waals surface area contributed by atoms with Crippen LogP contribution in [-0.4, -0.2) is 23.6 Å². The van der Waals surface area contributed by atoms with E-state index in [2.05, 4.69) is 6.58 Å². The van der Waals surface area contributed by atoms with Crippen LogP contribution in [-0.2, 0) is 14.3 Å². The molecule has 0 fully saturated rings. The molecule has 0 aromatic carbocycles. The molecule has 1 atom stereocenters. The Labute approximate surface area is 94.2 Å². The molecule has 0 spiro atoms. The molecule has 0 aliphatic heterocycles. The zero-order valence-corrected chi connectivity index (χ0v) is 9.67. The maximum atomic E-state index is 11.1. The predicted molar refractivity (Wildman–Crippen MR) is 56.8 cm³/mol. The third kappa shape index (κ3) is 4.83. The predicted octanol–water partition coefficient (Wildman–Crippen LogP) is 2.65. The van der Waals surface area contributed by atoms with E-state index in [4.69, 9.17) is 21.1 Å². The molecule has 0 saturated heterocycles. The first-order valence-corrected chi connectivity index (χ1v) is 5.03. The number of unbranched alkanes of at least 4 members (excludes halogenated alkanes) is 1. The second kappa shape index (κ2) is 6.45. The number of hydrogen-bond donors (Lipinski definition) is 0. The molecule has 0 radical (unpaired) electrons. The Hall–Kier alpha value is -1.03. The Morgan fingerprint density at radius 2 is 2.13 bits per heavy atom. The smallest absolute Gasteiger partial charge is 0.434 e. The fourth-order valence-electron chi connectivity index (χ4n) is 0.664. The van der Waals surface area contributed by atoms with E-state index in [0.29, 0.717) is 0 Å². The molecule has 0 N–H and O–H groups in total. The van der Waals surface area contributed by atoms with Crippen molar-refractivity contribution < 1.29 is 19.1 Å². The lowest BCUT2D eigenvalue weighted by Gasteiger charge is -2.20. The quantitative estimate of drug-likeness (QED) is 0.307. The maximum Gasteiger partial charge on any atom is 0.509 e. The number of halogens is 1. The van der Waals surface area contributed by atoms with E-state index in [1.807, 2.05) is 6.92 Å². The standard InChI is InChI=1S/C10H15ClO4/c1-4-6-7-14-9(13)15-10(3,5-2)8(11)12/h5H,2,4,6-7H2,1,3H3. The Morgan fingerprint density at radius 3 is 2.53 bits per heavy atom. The van der Waals surface area contributed by atoms with E-state index in [0.717, 1.165) is 18.9 Å². The van der Waals surface area contributed by atoms with Crippen LogP contribution in [0.3, 0.4) is 0 Å². The van der Waals surface area contributed by atoms with Gasteiger partial charge in [0.2, 0.25) is 5.60 Å². The average Bonchev–Trinajstić information content (AvgIpc) is 2.17. The Kier molecular flexibility index (Phi) is 6.01. The average molecular weight is 235 g/mol. The van der Waals surface area contributed by atoms with Crippen LogP contribution in [0, 0.1) is 0 Å². The van der Waals surface area contributed by atoms with Crippen molar-refractivity contribution in [2.24, 2.45) is 0 Å². The maximum absolute atomic E-state index is 11.1. The first-order valence-electron chi connectivity index (χ1n) is 4.65. The summed E-state index contributed by atoms with van der Waals surface area (Å²) >= 11 is 5.25. The molecule has 0 saturated carbocycles. The van der Waals surface area contributed by atoms with Gasteiger partial charge in [-0.25, -0.2) is 4.79 Å². The lowest BCUT2D eigenvalue weighted by atomic mass is 10.1. The summed E-state index contributed by atoms with van der Waals surface area (Å²) in [6.45, 7) is 6.94. The highest BCUT2D eigenvalue weighted by Gasteiger charge is 2.33. The molecular weight excluding hydrogens is 220 g/mol. The highest BCUT2D eigenvalue weighted by molar-refractivity contribution is 6.65. The van der Waals surface area contributed by atoms with Gasteiger partial charge in [0.05, 0.1) is 6.61 Å². The van der Waals surface area contributed by atoms with Gasteiger partial charge < -0.3 is 9.47 Å². The third-order valence-electron chi connectivity index (χ3n) is 1.79. The Bertz CT molecular complexity index is 252. The van der Waals surface area contributed by atoms with Crippen molar-refractivity contribution in [3.63, 3.8) is 0 Å². The minimum absolute atomic E-state index is 0.263. The summed E-state index contributed by atoms with van der Waals surface area (Å²) in [7, 11) is 0. The van der Waals surface area contributed by atoms with Crippen LogP contribution in [0.2, 0.25) is 0 Å². The summed E-state index contributed by atoms with van der Waals surface area (Å²) in [4.78, 5) is 22.0. The Morgan fingerprint density at radius 1 is 1.53 bits per heavy atom. The van der Waals surface area contributed by atoms with Gasteiger partial charge >= 0.3 is 6.16 Å². The van der Waals surface area contributed by atoms with Crippen molar-refractivity contribution in [3.8, 4) is 0 Å². The summed E-state index contributed by atoms with van der Waals surface area (Å²) in [5.41, 5.74) is -1.52. The lowest BCUT2D eigenvalue weighted by molar-refractivity contribution is -0.125. The normalized spacial score (nSPS) is 13.8. The summed E-state index contributed by atoms with van der Waals surface area (Å²) in [6, 6.07) is 0. The van der Waals surface area contributed by atoms with Gasteiger partial charge in [-0.2, -0.15) is 0 Å². The molecule has 0 heterocycles. The number of hydrogen-bond acceptors (Lipinski definition) is 4. The molecular formula is C10H15ClO4. The van der Waals surface area contributed by atoms with Crippen LogP contribution < -0.4 is 0 Å². The fourth-order valence-corrected chi connectivity index (χ4v) is 0.780. The molecule has 5 heteroatoms. The van der Waals surface area contributed by atoms with Crippen LogP contribution in [0.1, 0.15) is 26.7 Å². The highest BCUT2D eigenvalue weighted by atomic mass is 35.5. The SMILES string of the molecule is C=CC(C)(OC(=O)OCCCC)C(=O)Cl. The first-order chi connectivity index (χ1) is 6.96. The van der Waals surface area contributed by atoms with E-state index in [1.54, 1.807) is 0 Å². The van der Waals surface area contributed by atoms with Gasteiger partial charge in [0.25, 0.3) is 5.24 Å². The molecule has 0 aliphatic rings. The molecule has 0 aliphatic carbocycles. The molecule has 0 amide bonds. The number of carbonyl (C=O) groups is 2. The van der Waals surface area contributed by atoms with E-state index in [1.165, 1.54) is 6.92 Å². The van der Waals surface area contributed by atoms with E-state index >= 15 is 0 Å². The highest BCUT2D eigenvalue weighted by Crippen LogP contribution is 2.16. The van der Waals surface area contributed by atoms with Crippen LogP contribution in [0.5, 0.6) is 0 Å². The minimum atomic E-state index is -1.52. The van der Waals surface area contributed by atoms with Gasteiger partial charge in [-0.3, -0.25) is 4.79 Å². The lowest BCUT2D eigenvalue weighted by Crippen LogP contribution is -2.35. The molecule has 0 aromatic rings. The van der Waals surface area contributed by atoms with Crippen LogP contribution in [0.15, 0.2) is 12.7 Å². The second-order valence-corrected chi connectivity index (χ2v) is 3.48. The first kappa shape index (κ1) is 14.0. The molecule has 0 bridgehead atoms. The zero-order chi connectivity index (χ0) is 11.9. The monoisotopic (exact) mass is 234 g/mol. The van der Waals surface area contributed by atoms with Gasteiger partial charge in [0, 0.05) is 0 Å². The second-order valence-electron chi connectivity index (χ2n) is 3.14. The van der Waals surface area contributed by atoms with Crippen molar-refractivity contribution in [3.05, 3.63) is 12.7 Å². The third-order valence-corrected chi connectivity index (χ3v) is 2.17. The van der Waals surface area contributed by atoms with Gasteiger partial charge in [-0.15, -0.1) is 0 Å². The van der Waals surface area contributed by atoms with Crippen molar-refractivity contribution >= 4 is 23.0 Å². The molecule has 15 heavy (non-hydrogen) atoms. The molecule has 86 valence electrons. The van der Waals surface area contributed by atoms with Crippen molar-refractivity contribution in [1.29, 1.82) is 0 Å². The van der Waals surface area contributed by atoms with E-state index in [9.17, 15) is 9.59 Å². The van der Waals surface area contributed by atoms with Crippen LogP contribution in [0.25, 0.3) is 0 Å². The molecule has 4 nitrogen and oxygen atoms in total. The molecule has 0 rings (SSSR count). The van der Waals surface area contributed by atoms with Gasteiger partial charge in [0.1, 0.15) is 0 Å².